The van der Waals surface area contributed by atoms with Crippen LogP contribution in [0.15, 0.2) is 0 Å². The van der Waals surface area contributed by atoms with Gasteiger partial charge < -0.3 is 18.9 Å². The van der Waals surface area contributed by atoms with Crippen molar-refractivity contribution in [1.82, 2.24) is 0 Å². The largest absolute Gasteiger partial charge is 0.465 e. The van der Waals surface area contributed by atoms with Crippen LogP contribution < -0.4 is 0 Å². The number of carbonyl (C=O) groups excluding carboxylic acids is 4. The number of hydrogen-bond acceptors (Lipinski definition) is 8. The van der Waals surface area contributed by atoms with Crippen molar-refractivity contribution < 1.29 is 38.1 Å². The van der Waals surface area contributed by atoms with Gasteiger partial charge in [0.1, 0.15) is 0 Å². The lowest BCUT2D eigenvalue weighted by atomic mass is 9.58. The molecule has 0 aromatic rings. The fourth-order valence-electron chi connectivity index (χ4n) is 5.86. The Morgan fingerprint density at radius 1 is 0.500 bits per heavy atom. The molecule has 0 saturated heterocycles. The molecule has 8 nitrogen and oxygen atoms in total. The summed E-state index contributed by atoms with van der Waals surface area (Å²) < 4.78 is 21.7. The molecule has 1 saturated carbocycles. The number of esters is 4. The summed E-state index contributed by atoms with van der Waals surface area (Å²) in [5, 5.41) is 0. The van der Waals surface area contributed by atoms with Crippen LogP contribution >= 0.6 is 0 Å². The summed E-state index contributed by atoms with van der Waals surface area (Å²) in [5.74, 6) is -1.97. The maximum absolute atomic E-state index is 13.3. The predicted octanol–water partition coefficient (Wildman–Crippen LogP) is 5.89. The minimum atomic E-state index is -1.42. The molecule has 8 heteroatoms. The Bertz CT molecular complexity index is 705. The highest BCUT2D eigenvalue weighted by Crippen LogP contribution is 2.52. The smallest absolute Gasteiger partial charge is 0.324 e. The van der Waals surface area contributed by atoms with Gasteiger partial charge in [-0.15, -0.1) is 0 Å². The van der Waals surface area contributed by atoms with Gasteiger partial charge in [-0.3, -0.25) is 19.2 Å². The highest BCUT2D eigenvalue weighted by atomic mass is 16.6. The van der Waals surface area contributed by atoms with Crippen LogP contribution in [-0.2, 0) is 38.1 Å². The van der Waals surface area contributed by atoms with Crippen molar-refractivity contribution in [3.8, 4) is 0 Å². The van der Waals surface area contributed by atoms with Crippen LogP contribution in [-0.4, -0.2) is 50.3 Å². The van der Waals surface area contributed by atoms with Crippen molar-refractivity contribution >= 4 is 23.9 Å². The molecule has 1 aliphatic rings. The third-order valence-corrected chi connectivity index (χ3v) is 8.21. The third-order valence-electron chi connectivity index (χ3n) is 8.21. The maximum Gasteiger partial charge on any atom is 0.324 e. The van der Waals surface area contributed by atoms with Gasteiger partial charge in [0.05, 0.1) is 26.4 Å². The monoisotopic (exact) mass is 540 g/mol. The predicted molar refractivity (Wildman–Crippen MR) is 145 cm³/mol. The van der Waals surface area contributed by atoms with E-state index in [0.717, 1.165) is 25.7 Å². The van der Waals surface area contributed by atoms with Gasteiger partial charge in [0.25, 0.3) is 0 Å². The van der Waals surface area contributed by atoms with Crippen LogP contribution in [0.25, 0.3) is 0 Å². The Kier molecular flexibility index (Phi) is 12.3. The maximum atomic E-state index is 13.3. The van der Waals surface area contributed by atoms with Crippen molar-refractivity contribution in [2.75, 3.05) is 26.4 Å². The van der Waals surface area contributed by atoms with Crippen molar-refractivity contribution in [2.24, 2.45) is 33.5 Å². The summed E-state index contributed by atoms with van der Waals surface area (Å²) >= 11 is 0. The molecule has 220 valence electrons. The zero-order valence-corrected chi connectivity index (χ0v) is 25.5. The summed E-state index contributed by atoms with van der Waals surface area (Å²) in [6.07, 6.45) is 3.70. The average molecular weight is 541 g/mol. The van der Waals surface area contributed by atoms with E-state index in [2.05, 4.69) is 0 Å². The van der Waals surface area contributed by atoms with Crippen LogP contribution in [0.5, 0.6) is 0 Å². The fourth-order valence-corrected chi connectivity index (χ4v) is 5.86. The zero-order chi connectivity index (χ0) is 29.4. The number of rotatable bonds is 12. The van der Waals surface area contributed by atoms with E-state index < -0.39 is 45.5 Å². The molecule has 1 fully saturated rings. The van der Waals surface area contributed by atoms with Crippen molar-refractivity contribution in [1.29, 1.82) is 0 Å². The molecule has 1 aliphatic carbocycles. The molecule has 0 N–H and O–H groups in total. The highest BCUT2D eigenvalue weighted by Gasteiger charge is 2.60. The lowest BCUT2D eigenvalue weighted by Crippen LogP contribution is -2.53. The second-order valence-corrected chi connectivity index (χ2v) is 12.5. The summed E-state index contributed by atoms with van der Waals surface area (Å²) in [6.45, 7) is 18.9. The second kappa shape index (κ2) is 13.8. The first-order valence-corrected chi connectivity index (χ1v) is 14.3. The third kappa shape index (κ3) is 7.09. The molecule has 0 aromatic carbocycles. The van der Waals surface area contributed by atoms with Crippen molar-refractivity contribution in [3.05, 3.63) is 0 Å². The van der Waals surface area contributed by atoms with Gasteiger partial charge in [0.2, 0.25) is 0 Å². The second-order valence-electron chi connectivity index (χ2n) is 12.5. The van der Waals surface area contributed by atoms with E-state index in [9.17, 15) is 19.2 Å². The lowest BCUT2D eigenvalue weighted by Gasteiger charge is -2.45. The summed E-state index contributed by atoms with van der Waals surface area (Å²) in [4.78, 5) is 53.2. The van der Waals surface area contributed by atoms with Crippen LogP contribution in [0.3, 0.4) is 0 Å². The van der Waals surface area contributed by atoms with Gasteiger partial charge in [-0.2, -0.15) is 0 Å². The molecule has 0 amide bonds. The van der Waals surface area contributed by atoms with Gasteiger partial charge in [0.15, 0.2) is 10.8 Å². The molecule has 0 aromatic heterocycles. The van der Waals surface area contributed by atoms with Gasteiger partial charge in [-0.25, -0.2) is 0 Å². The van der Waals surface area contributed by atoms with E-state index in [1.54, 1.807) is 27.7 Å². The first-order chi connectivity index (χ1) is 17.6. The van der Waals surface area contributed by atoms with E-state index >= 15 is 0 Å². The van der Waals surface area contributed by atoms with Crippen LogP contribution in [0.4, 0.5) is 0 Å². The molecule has 0 heterocycles. The first kappa shape index (κ1) is 33.9. The molecule has 0 bridgehead atoms. The fraction of sp³-hybridized carbons (Fsp3) is 0.867. The molecule has 0 atom stereocenters. The zero-order valence-electron chi connectivity index (χ0n) is 25.5. The van der Waals surface area contributed by atoms with Gasteiger partial charge in [-0.1, -0.05) is 67.2 Å². The van der Waals surface area contributed by atoms with E-state index in [0.29, 0.717) is 12.8 Å². The summed E-state index contributed by atoms with van der Waals surface area (Å²) in [7, 11) is 0. The van der Waals surface area contributed by atoms with E-state index in [1.807, 2.05) is 41.5 Å². The van der Waals surface area contributed by atoms with Gasteiger partial charge in [-0.05, 0) is 63.2 Å². The summed E-state index contributed by atoms with van der Waals surface area (Å²) in [6, 6.07) is 0. The van der Waals surface area contributed by atoms with Crippen LogP contribution in [0.1, 0.15) is 108 Å². The normalized spacial score (nSPS) is 18.9. The van der Waals surface area contributed by atoms with E-state index in [4.69, 9.17) is 18.9 Å². The lowest BCUT2D eigenvalue weighted by molar-refractivity contribution is -0.186. The first-order valence-electron chi connectivity index (χ1n) is 14.3. The molecule has 0 spiro atoms. The average Bonchev–Trinajstić information content (AvgIpc) is 2.80. The minimum Gasteiger partial charge on any atom is -0.465 e. The Morgan fingerprint density at radius 2 is 0.711 bits per heavy atom. The Morgan fingerprint density at radius 3 is 0.868 bits per heavy atom. The SMILES string of the molecule is CCOC(=O)C(CC1CCC(CC(C(=O)OCC)(C(=O)OCC)C(C)(C)C)CC1)(C(=O)OCC)C(C)(C)C. The molecular formula is C30H52O8. The van der Waals surface area contributed by atoms with Crippen molar-refractivity contribution in [2.45, 2.75) is 108 Å². The molecule has 0 aliphatic heterocycles. The highest BCUT2D eigenvalue weighted by molar-refractivity contribution is 6.01. The quantitative estimate of drug-likeness (QED) is 0.171. The number of carbonyl (C=O) groups is 4. The van der Waals surface area contributed by atoms with Crippen LogP contribution in [0, 0.1) is 33.5 Å². The van der Waals surface area contributed by atoms with E-state index in [1.165, 1.54) is 0 Å². The molecule has 0 unspecified atom stereocenters. The molecule has 0 radical (unpaired) electrons. The Hall–Kier alpha value is -2.12. The summed E-state index contributed by atoms with van der Waals surface area (Å²) in [5.41, 5.74) is -4.25. The van der Waals surface area contributed by atoms with E-state index in [-0.39, 0.29) is 38.3 Å². The number of hydrogen-bond donors (Lipinski definition) is 0. The molecular weight excluding hydrogens is 488 g/mol. The van der Waals surface area contributed by atoms with Crippen molar-refractivity contribution in [3.63, 3.8) is 0 Å². The van der Waals surface area contributed by atoms with Gasteiger partial charge in [0, 0.05) is 0 Å². The Balaban J connectivity index is 3.26. The molecule has 1 rings (SSSR count). The standard InChI is InChI=1S/C30H52O8/c1-11-35-23(31)29(27(5,6)7,24(32)36-12-2)19-21-15-17-22(18-16-21)20-30(28(8,9)10,25(33)37-13-3)26(34)38-14-4/h21-22H,11-20H2,1-10H3. The van der Waals surface area contributed by atoms with Gasteiger partial charge >= 0.3 is 23.9 Å². The topological polar surface area (TPSA) is 105 Å². The number of ether oxygens (including phenoxy) is 4. The Labute approximate surface area is 229 Å². The van der Waals surface area contributed by atoms with Crippen LogP contribution in [0.2, 0.25) is 0 Å². The molecule has 38 heavy (non-hydrogen) atoms. The minimum absolute atomic E-state index is 0.0912.